The summed E-state index contributed by atoms with van der Waals surface area (Å²) in [5.41, 5.74) is 2.85. The van der Waals surface area contributed by atoms with Gasteiger partial charge in [-0.05, 0) is 12.0 Å². The number of imidazole rings is 1. The first-order valence-electron chi connectivity index (χ1n) is 7.48. The SMILES string of the molecule is CCCCNc1nc(SCc2ccccc2)nc2nc[nH]c12. The van der Waals surface area contributed by atoms with Crippen LogP contribution in [0.15, 0.2) is 41.8 Å². The third-order valence-electron chi connectivity index (χ3n) is 3.30. The van der Waals surface area contributed by atoms with Crippen LogP contribution >= 0.6 is 11.8 Å². The molecular formula is C16H19N5S. The Morgan fingerprint density at radius 3 is 2.86 bits per heavy atom. The van der Waals surface area contributed by atoms with Crippen molar-refractivity contribution in [1.82, 2.24) is 19.9 Å². The lowest BCUT2D eigenvalue weighted by molar-refractivity contribution is 0.828. The second-order valence-electron chi connectivity index (χ2n) is 5.01. The summed E-state index contributed by atoms with van der Waals surface area (Å²) >= 11 is 1.63. The average Bonchev–Trinajstić information content (AvgIpc) is 3.03. The molecule has 5 nitrogen and oxygen atoms in total. The number of rotatable bonds is 7. The monoisotopic (exact) mass is 313 g/mol. The van der Waals surface area contributed by atoms with Gasteiger partial charge in [0, 0.05) is 12.3 Å². The van der Waals surface area contributed by atoms with Gasteiger partial charge in [0.15, 0.2) is 16.6 Å². The van der Waals surface area contributed by atoms with Crippen LogP contribution in [0.4, 0.5) is 5.82 Å². The molecule has 0 fully saturated rings. The zero-order chi connectivity index (χ0) is 15.2. The predicted molar refractivity (Wildman–Crippen MR) is 91.1 cm³/mol. The first-order valence-corrected chi connectivity index (χ1v) is 8.47. The summed E-state index contributed by atoms with van der Waals surface area (Å²) in [5.74, 6) is 1.69. The molecule has 0 aliphatic rings. The summed E-state index contributed by atoms with van der Waals surface area (Å²) < 4.78 is 0. The van der Waals surface area contributed by atoms with Crippen LogP contribution in [0.3, 0.4) is 0 Å². The maximum absolute atomic E-state index is 4.63. The minimum atomic E-state index is 0.713. The lowest BCUT2D eigenvalue weighted by Gasteiger charge is -2.07. The molecule has 2 aromatic heterocycles. The van der Waals surface area contributed by atoms with E-state index in [1.54, 1.807) is 18.1 Å². The summed E-state index contributed by atoms with van der Waals surface area (Å²) in [7, 11) is 0. The number of H-pyrrole nitrogens is 1. The van der Waals surface area contributed by atoms with Crippen molar-refractivity contribution in [2.45, 2.75) is 30.7 Å². The fraction of sp³-hybridized carbons (Fsp3) is 0.312. The molecule has 2 N–H and O–H groups in total. The molecule has 0 radical (unpaired) electrons. The fourth-order valence-corrected chi connectivity index (χ4v) is 2.91. The summed E-state index contributed by atoms with van der Waals surface area (Å²) in [6.45, 7) is 3.08. The number of nitrogens with zero attached hydrogens (tertiary/aromatic N) is 3. The van der Waals surface area contributed by atoms with Gasteiger partial charge in [-0.2, -0.15) is 0 Å². The number of nitrogens with one attached hydrogen (secondary N) is 2. The molecule has 0 atom stereocenters. The molecule has 0 saturated carbocycles. The Bertz CT molecular complexity index is 726. The average molecular weight is 313 g/mol. The number of unbranched alkanes of at least 4 members (excludes halogenated alkanes) is 1. The Morgan fingerprint density at radius 2 is 2.05 bits per heavy atom. The molecule has 1 aromatic carbocycles. The second-order valence-corrected chi connectivity index (χ2v) is 5.95. The van der Waals surface area contributed by atoms with Crippen molar-refractivity contribution < 1.29 is 0 Å². The number of hydrogen-bond donors (Lipinski definition) is 2. The highest BCUT2D eigenvalue weighted by atomic mass is 32.2. The number of aromatic nitrogens is 4. The van der Waals surface area contributed by atoms with Crippen LogP contribution in [0.1, 0.15) is 25.3 Å². The van der Waals surface area contributed by atoms with Gasteiger partial charge in [0.1, 0.15) is 5.52 Å². The molecule has 22 heavy (non-hydrogen) atoms. The van der Waals surface area contributed by atoms with Crippen LogP contribution in [0, 0.1) is 0 Å². The van der Waals surface area contributed by atoms with E-state index in [9.17, 15) is 0 Å². The van der Waals surface area contributed by atoms with Gasteiger partial charge in [0.2, 0.25) is 0 Å². The van der Waals surface area contributed by atoms with E-state index >= 15 is 0 Å². The maximum Gasteiger partial charge on any atom is 0.192 e. The normalized spacial score (nSPS) is 11.0. The van der Waals surface area contributed by atoms with Crippen molar-refractivity contribution in [2.75, 3.05) is 11.9 Å². The Labute approximate surface area is 134 Å². The molecule has 0 aliphatic carbocycles. The molecule has 0 saturated heterocycles. The highest BCUT2D eigenvalue weighted by Gasteiger charge is 2.10. The molecule has 0 spiro atoms. The fourth-order valence-electron chi connectivity index (χ4n) is 2.11. The van der Waals surface area contributed by atoms with Crippen molar-refractivity contribution in [3.05, 3.63) is 42.2 Å². The van der Waals surface area contributed by atoms with Crippen LogP contribution in [0.25, 0.3) is 11.2 Å². The molecule has 0 aliphatic heterocycles. The van der Waals surface area contributed by atoms with E-state index in [-0.39, 0.29) is 0 Å². The van der Waals surface area contributed by atoms with E-state index in [0.29, 0.717) is 5.65 Å². The van der Waals surface area contributed by atoms with E-state index in [1.165, 1.54) is 5.56 Å². The zero-order valence-corrected chi connectivity index (χ0v) is 13.4. The largest absolute Gasteiger partial charge is 0.368 e. The smallest absolute Gasteiger partial charge is 0.192 e. The summed E-state index contributed by atoms with van der Waals surface area (Å²) in [5, 5.41) is 4.13. The zero-order valence-electron chi connectivity index (χ0n) is 12.5. The minimum Gasteiger partial charge on any atom is -0.368 e. The quantitative estimate of drug-likeness (QED) is 0.394. The third kappa shape index (κ3) is 3.57. The van der Waals surface area contributed by atoms with E-state index in [2.05, 4.69) is 44.3 Å². The molecule has 0 amide bonds. The molecular weight excluding hydrogens is 294 g/mol. The third-order valence-corrected chi connectivity index (χ3v) is 4.22. The van der Waals surface area contributed by atoms with Gasteiger partial charge in [0.05, 0.1) is 6.33 Å². The first-order chi connectivity index (χ1) is 10.9. The van der Waals surface area contributed by atoms with Crippen LogP contribution in [0.2, 0.25) is 0 Å². The van der Waals surface area contributed by atoms with Gasteiger partial charge < -0.3 is 10.3 Å². The first kappa shape index (κ1) is 14.8. The predicted octanol–water partition coefficient (Wildman–Crippen LogP) is 3.86. The van der Waals surface area contributed by atoms with Gasteiger partial charge in [-0.3, -0.25) is 0 Å². The van der Waals surface area contributed by atoms with Gasteiger partial charge >= 0.3 is 0 Å². The standard InChI is InChI=1S/C16H19N5S/c1-2-3-9-17-14-13-15(19-11-18-13)21-16(20-14)22-10-12-7-5-4-6-8-12/h4-8,11H,2-3,9-10H2,1H3,(H2,17,18,19,20,21). The lowest BCUT2D eigenvalue weighted by Crippen LogP contribution is -2.05. The second kappa shape index (κ2) is 7.26. The highest BCUT2D eigenvalue weighted by molar-refractivity contribution is 7.98. The number of benzene rings is 1. The molecule has 0 bridgehead atoms. The molecule has 3 aromatic rings. The Hall–Kier alpha value is -2.08. The van der Waals surface area contributed by atoms with Crippen LogP contribution in [0.5, 0.6) is 0 Å². The van der Waals surface area contributed by atoms with Gasteiger partial charge in [-0.1, -0.05) is 55.4 Å². The summed E-state index contributed by atoms with van der Waals surface area (Å²) in [6.07, 6.45) is 3.93. The molecule has 2 heterocycles. The molecule has 3 rings (SSSR count). The van der Waals surface area contributed by atoms with Gasteiger partial charge in [-0.25, -0.2) is 15.0 Å². The Morgan fingerprint density at radius 1 is 1.18 bits per heavy atom. The molecule has 6 heteroatoms. The Balaban J connectivity index is 1.77. The number of fused-ring (bicyclic) bond motifs is 1. The van der Waals surface area contributed by atoms with Crippen LogP contribution in [-0.4, -0.2) is 26.5 Å². The van der Waals surface area contributed by atoms with Crippen molar-refractivity contribution in [3.8, 4) is 0 Å². The summed E-state index contributed by atoms with van der Waals surface area (Å²) in [4.78, 5) is 16.5. The number of aromatic amines is 1. The Kier molecular flexibility index (Phi) is 4.90. The number of anilines is 1. The maximum atomic E-state index is 4.63. The topological polar surface area (TPSA) is 66.5 Å². The van der Waals surface area contributed by atoms with Crippen molar-refractivity contribution in [3.63, 3.8) is 0 Å². The number of hydrogen-bond acceptors (Lipinski definition) is 5. The molecule has 114 valence electrons. The van der Waals surface area contributed by atoms with E-state index in [0.717, 1.165) is 41.6 Å². The lowest BCUT2D eigenvalue weighted by atomic mass is 10.2. The van der Waals surface area contributed by atoms with E-state index in [1.807, 2.05) is 18.2 Å². The van der Waals surface area contributed by atoms with Gasteiger partial charge in [0.25, 0.3) is 0 Å². The van der Waals surface area contributed by atoms with E-state index < -0.39 is 0 Å². The van der Waals surface area contributed by atoms with Crippen molar-refractivity contribution in [2.24, 2.45) is 0 Å². The highest BCUT2D eigenvalue weighted by Crippen LogP contribution is 2.24. The van der Waals surface area contributed by atoms with Crippen molar-refractivity contribution >= 4 is 28.7 Å². The number of thioether (sulfide) groups is 1. The van der Waals surface area contributed by atoms with Crippen LogP contribution in [-0.2, 0) is 5.75 Å². The minimum absolute atomic E-state index is 0.713. The molecule has 0 unspecified atom stereocenters. The summed E-state index contributed by atoms with van der Waals surface area (Å²) in [6, 6.07) is 10.3. The van der Waals surface area contributed by atoms with Crippen molar-refractivity contribution in [1.29, 1.82) is 0 Å². The van der Waals surface area contributed by atoms with Crippen LogP contribution < -0.4 is 5.32 Å². The van der Waals surface area contributed by atoms with E-state index in [4.69, 9.17) is 0 Å². The van der Waals surface area contributed by atoms with Gasteiger partial charge in [-0.15, -0.1) is 0 Å².